The second-order valence-corrected chi connectivity index (χ2v) is 10.0. The summed E-state index contributed by atoms with van der Waals surface area (Å²) in [5.41, 5.74) is 5.15. The minimum atomic E-state index is -0.0489. The van der Waals surface area contributed by atoms with Crippen LogP contribution in [-0.2, 0) is 10.8 Å². The molecule has 0 atom stereocenters. The van der Waals surface area contributed by atoms with E-state index in [9.17, 15) is 4.79 Å². The molecule has 3 heteroatoms. The van der Waals surface area contributed by atoms with E-state index >= 15 is 0 Å². The van der Waals surface area contributed by atoms with Gasteiger partial charge in [-0.15, -0.1) is 0 Å². The number of hydrogen-bond acceptors (Lipinski definition) is 3. The van der Waals surface area contributed by atoms with Gasteiger partial charge in [0.05, 0.1) is 11.4 Å². The van der Waals surface area contributed by atoms with E-state index in [4.69, 9.17) is 4.74 Å². The molecule has 30 heavy (non-hydrogen) atoms. The highest BCUT2D eigenvalue weighted by atomic mass is 16.5. The molecule has 0 spiro atoms. The lowest BCUT2D eigenvalue weighted by Gasteiger charge is -2.27. The van der Waals surface area contributed by atoms with Crippen LogP contribution in [0.1, 0.15) is 68.6 Å². The van der Waals surface area contributed by atoms with Crippen molar-refractivity contribution in [3.05, 3.63) is 82.9 Å². The van der Waals surface area contributed by atoms with Gasteiger partial charge in [-0.3, -0.25) is 4.79 Å². The van der Waals surface area contributed by atoms with Gasteiger partial charge in [-0.1, -0.05) is 65.8 Å². The number of rotatable bonds is 2. The molecule has 154 valence electrons. The molecule has 4 rings (SSSR count). The first-order valence-corrected chi connectivity index (χ1v) is 10.4. The van der Waals surface area contributed by atoms with Crippen LogP contribution in [0.2, 0.25) is 0 Å². The van der Waals surface area contributed by atoms with Crippen LogP contribution in [0.5, 0.6) is 11.5 Å². The van der Waals surface area contributed by atoms with Gasteiger partial charge in [-0.2, -0.15) is 0 Å². The van der Waals surface area contributed by atoms with Crippen LogP contribution in [0.3, 0.4) is 0 Å². The van der Waals surface area contributed by atoms with Crippen molar-refractivity contribution < 1.29 is 9.53 Å². The third kappa shape index (κ3) is 3.72. The first kappa shape index (κ1) is 20.2. The number of ketones is 1. The maximum absolute atomic E-state index is 13.7. The van der Waals surface area contributed by atoms with Crippen molar-refractivity contribution in [3.8, 4) is 11.5 Å². The van der Waals surface area contributed by atoms with Crippen LogP contribution in [0.4, 0.5) is 11.4 Å². The highest BCUT2D eigenvalue weighted by Crippen LogP contribution is 2.44. The van der Waals surface area contributed by atoms with E-state index in [1.165, 1.54) is 0 Å². The molecule has 0 aromatic heterocycles. The predicted octanol–water partition coefficient (Wildman–Crippen LogP) is 7.36. The fourth-order valence-corrected chi connectivity index (χ4v) is 3.63. The molecule has 1 aliphatic rings. The molecule has 0 saturated heterocycles. The van der Waals surface area contributed by atoms with E-state index in [0.717, 1.165) is 28.3 Å². The van der Waals surface area contributed by atoms with Crippen LogP contribution in [0, 0.1) is 0 Å². The number of hydrogen-bond donors (Lipinski definition) is 1. The van der Waals surface area contributed by atoms with Gasteiger partial charge < -0.3 is 10.1 Å². The highest BCUT2D eigenvalue weighted by Gasteiger charge is 2.26. The van der Waals surface area contributed by atoms with Crippen LogP contribution < -0.4 is 10.1 Å². The van der Waals surface area contributed by atoms with Crippen LogP contribution >= 0.6 is 0 Å². The number of ether oxygens (including phenoxy) is 1. The summed E-state index contributed by atoms with van der Waals surface area (Å²) in [5.74, 6) is 1.43. The van der Waals surface area contributed by atoms with Crippen molar-refractivity contribution in [1.29, 1.82) is 0 Å². The predicted molar refractivity (Wildman–Crippen MR) is 124 cm³/mol. The maximum Gasteiger partial charge on any atom is 0.195 e. The Morgan fingerprint density at radius 3 is 2.00 bits per heavy atom. The zero-order chi connectivity index (χ0) is 21.7. The number of para-hydroxylation sites is 3. The average molecular weight is 400 g/mol. The van der Waals surface area contributed by atoms with Crippen molar-refractivity contribution >= 4 is 17.2 Å². The lowest BCUT2D eigenvalue weighted by atomic mass is 9.79. The second kappa shape index (κ2) is 7.02. The summed E-state index contributed by atoms with van der Waals surface area (Å²) in [5, 5.41) is 3.40. The van der Waals surface area contributed by atoms with Crippen LogP contribution in [0.15, 0.2) is 60.7 Å². The summed E-state index contributed by atoms with van der Waals surface area (Å²) in [6.45, 7) is 13.1. The average Bonchev–Trinajstić information content (AvgIpc) is 2.69. The van der Waals surface area contributed by atoms with Crippen molar-refractivity contribution in [1.82, 2.24) is 0 Å². The smallest absolute Gasteiger partial charge is 0.195 e. The van der Waals surface area contributed by atoms with E-state index < -0.39 is 0 Å². The molecule has 0 saturated carbocycles. The lowest BCUT2D eigenvalue weighted by molar-refractivity contribution is 0.103. The molecular weight excluding hydrogens is 370 g/mol. The standard InChI is InChI=1S/C27H29NO2/c1-26(2,3)18-14-17(15-19(16-18)27(4,5)6)25(29)20-10-9-13-23-24(20)28-21-11-7-8-12-22(21)30-23/h7-16,28H,1-6H3. The molecule has 0 amide bonds. The molecule has 3 nitrogen and oxygen atoms in total. The summed E-state index contributed by atoms with van der Waals surface area (Å²) < 4.78 is 6.05. The van der Waals surface area contributed by atoms with Gasteiger partial charge in [-0.25, -0.2) is 0 Å². The summed E-state index contributed by atoms with van der Waals surface area (Å²) in [4.78, 5) is 13.7. The van der Waals surface area contributed by atoms with Gasteiger partial charge in [0.2, 0.25) is 0 Å². The fraction of sp³-hybridized carbons (Fsp3) is 0.296. The van der Waals surface area contributed by atoms with Crippen LogP contribution in [-0.4, -0.2) is 5.78 Å². The summed E-state index contributed by atoms with van der Waals surface area (Å²) in [6.07, 6.45) is 0. The third-order valence-electron chi connectivity index (χ3n) is 5.56. The molecule has 0 aliphatic carbocycles. The monoisotopic (exact) mass is 399 g/mol. The Labute approximate surface area is 179 Å². The summed E-state index contributed by atoms with van der Waals surface area (Å²) in [7, 11) is 0. The summed E-state index contributed by atoms with van der Waals surface area (Å²) >= 11 is 0. The zero-order valence-corrected chi connectivity index (χ0v) is 18.6. The molecule has 0 fully saturated rings. The third-order valence-corrected chi connectivity index (χ3v) is 5.56. The molecule has 0 radical (unpaired) electrons. The SMILES string of the molecule is CC(C)(C)c1cc(C(=O)c2cccc3c2Nc2ccccc2O3)cc(C(C)(C)C)c1. The van der Waals surface area contributed by atoms with Crippen LogP contribution in [0.25, 0.3) is 0 Å². The maximum atomic E-state index is 13.7. The minimum absolute atomic E-state index is 0.000990. The normalized spacial score (nSPS) is 13.0. The quantitative estimate of drug-likeness (QED) is 0.358. The molecule has 1 heterocycles. The first-order valence-electron chi connectivity index (χ1n) is 10.4. The number of nitrogens with one attached hydrogen (secondary N) is 1. The number of carbonyl (C=O) groups is 1. The Morgan fingerprint density at radius 1 is 0.767 bits per heavy atom. The Kier molecular flexibility index (Phi) is 4.73. The van der Waals surface area contributed by atoms with Gasteiger partial charge in [0.15, 0.2) is 17.3 Å². The highest BCUT2D eigenvalue weighted by molar-refractivity contribution is 6.14. The molecule has 0 unspecified atom stereocenters. The Morgan fingerprint density at radius 2 is 1.37 bits per heavy atom. The minimum Gasteiger partial charge on any atom is -0.453 e. The first-order chi connectivity index (χ1) is 14.0. The lowest BCUT2D eigenvalue weighted by Crippen LogP contribution is -2.18. The Balaban J connectivity index is 1.82. The Bertz CT molecular complexity index is 1100. The van der Waals surface area contributed by atoms with Crippen molar-refractivity contribution in [2.24, 2.45) is 0 Å². The van der Waals surface area contributed by atoms with Crippen molar-refractivity contribution in [2.45, 2.75) is 52.4 Å². The van der Waals surface area contributed by atoms with Gasteiger partial charge in [0.25, 0.3) is 0 Å². The summed E-state index contributed by atoms with van der Waals surface area (Å²) in [6, 6.07) is 19.7. The van der Waals surface area contributed by atoms with Crippen molar-refractivity contribution in [3.63, 3.8) is 0 Å². The van der Waals surface area contributed by atoms with E-state index in [1.807, 2.05) is 54.6 Å². The molecule has 0 bridgehead atoms. The number of anilines is 2. The largest absolute Gasteiger partial charge is 0.453 e. The zero-order valence-electron chi connectivity index (χ0n) is 18.6. The van der Waals surface area contributed by atoms with Gasteiger partial charge in [-0.05, 0) is 58.4 Å². The molecule has 3 aromatic rings. The number of carbonyl (C=O) groups excluding carboxylic acids is 1. The van der Waals surface area contributed by atoms with E-state index in [2.05, 4.69) is 52.9 Å². The molecule has 1 aliphatic heterocycles. The number of benzene rings is 3. The fourth-order valence-electron chi connectivity index (χ4n) is 3.63. The van der Waals surface area contributed by atoms with Crippen molar-refractivity contribution in [2.75, 3.05) is 5.32 Å². The Hall–Kier alpha value is -3.07. The topological polar surface area (TPSA) is 38.3 Å². The second-order valence-electron chi connectivity index (χ2n) is 10.0. The molecule has 3 aromatic carbocycles. The number of fused-ring (bicyclic) bond motifs is 2. The van der Waals surface area contributed by atoms with E-state index in [-0.39, 0.29) is 16.6 Å². The molecule has 1 N–H and O–H groups in total. The van der Waals surface area contributed by atoms with E-state index in [0.29, 0.717) is 16.9 Å². The van der Waals surface area contributed by atoms with Gasteiger partial charge in [0, 0.05) is 11.1 Å². The van der Waals surface area contributed by atoms with E-state index in [1.54, 1.807) is 0 Å². The van der Waals surface area contributed by atoms with Gasteiger partial charge >= 0.3 is 0 Å². The van der Waals surface area contributed by atoms with Gasteiger partial charge in [0.1, 0.15) is 0 Å². The molecular formula is C27H29NO2.